The van der Waals surface area contributed by atoms with Crippen molar-refractivity contribution in [2.75, 3.05) is 32.8 Å². The van der Waals surface area contributed by atoms with Crippen molar-refractivity contribution in [1.29, 1.82) is 0 Å². The number of hydrogen-bond donors (Lipinski definition) is 2. The third kappa shape index (κ3) is 5.54. The van der Waals surface area contributed by atoms with Crippen molar-refractivity contribution in [3.05, 3.63) is 30.1 Å². The lowest BCUT2D eigenvalue weighted by Gasteiger charge is -2.48. The smallest absolute Gasteiger partial charge is 0.252 e. The van der Waals surface area contributed by atoms with Gasteiger partial charge in [0.2, 0.25) is 5.91 Å². The predicted octanol–water partition coefficient (Wildman–Crippen LogP) is 1.99. The summed E-state index contributed by atoms with van der Waals surface area (Å²) in [6.07, 6.45) is 9.00. The molecule has 2 heterocycles. The van der Waals surface area contributed by atoms with E-state index >= 15 is 0 Å². The maximum absolute atomic E-state index is 13.0. The SMILES string of the molecule is CC(C)[C@H](NC(=O)c1ccncc1)C(=O)NCC1(N2CCOCC2)CCCCC1. The Morgan fingerprint density at radius 1 is 1.14 bits per heavy atom. The molecule has 2 fully saturated rings. The monoisotopic (exact) mass is 402 g/mol. The summed E-state index contributed by atoms with van der Waals surface area (Å²) in [6.45, 7) is 7.88. The molecule has 2 amide bonds. The molecule has 3 rings (SSSR count). The molecule has 1 aliphatic heterocycles. The first-order chi connectivity index (χ1) is 14.0. The fourth-order valence-corrected chi connectivity index (χ4v) is 4.48. The fourth-order valence-electron chi connectivity index (χ4n) is 4.48. The number of morpholine rings is 1. The molecule has 1 aromatic rings. The van der Waals surface area contributed by atoms with E-state index in [0.717, 1.165) is 39.1 Å². The summed E-state index contributed by atoms with van der Waals surface area (Å²) >= 11 is 0. The maximum atomic E-state index is 13.0. The lowest BCUT2D eigenvalue weighted by atomic mass is 9.79. The second-order valence-electron chi connectivity index (χ2n) is 8.53. The average Bonchev–Trinajstić information content (AvgIpc) is 2.77. The Labute approximate surface area is 173 Å². The minimum atomic E-state index is -0.569. The number of amides is 2. The molecular formula is C22H34N4O3. The number of ether oxygens (including phenoxy) is 1. The summed E-state index contributed by atoms with van der Waals surface area (Å²) in [5, 5.41) is 6.08. The van der Waals surface area contributed by atoms with Crippen molar-refractivity contribution in [3.63, 3.8) is 0 Å². The molecule has 0 unspecified atom stereocenters. The molecular weight excluding hydrogens is 368 g/mol. The molecule has 1 aliphatic carbocycles. The number of carbonyl (C=O) groups is 2. The third-order valence-electron chi connectivity index (χ3n) is 6.24. The van der Waals surface area contributed by atoms with E-state index in [9.17, 15) is 9.59 Å². The average molecular weight is 403 g/mol. The lowest BCUT2D eigenvalue weighted by Crippen LogP contribution is -2.61. The summed E-state index contributed by atoms with van der Waals surface area (Å²) in [6, 6.07) is 2.74. The van der Waals surface area contributed by atoms with Crippen LogP contribution >= 0.6 is 0 Å². The van der Waals surface area contributed by atoms with Crippen LogP contribution in [0.15, 0.2) is 24.5 Å². The van der Waals surface area contributed by atoms with Crippen LogP contribution in [0.25, 0.3) is 0 Å². The summed E-state index contributed by atoms with van der Waals surface area (Å²) in [4.78, 5) is 32.0. The normalized spacial score (nSPS) is 20.8. The van der Waals surface area contributed by atoms with Crippen LogP contribution in [0.1, 0.15) is 56.3 Å². The van der Waals surface area contributed by atoms with Crippen LogP contribution in [0.4, 0.5) is 0 Å². The molecule has 160 valence electrons. The van der Waals surface area contributed by atoms with Gasteiger partial charge >= 0.3 is 0 Å². The van der Waals surface area contributed by atoms with E-state index in [4.69, 9.17) is 4.74 Å². The van der Waals surface area contributed by atoms with E-state index in [1.165, 1.54) is 19.3 Å². The van der Waals surface area contributed by atoms with Crippen molar-refractivity contribution in [1.82, 2.24) is 20.5 Å². The van der Waals surface area contributed by atoms with Crippen LogP contribution < -0.4 is 10.6 Å². The molecule has 29 heavy (non-hydrogen) atoms. The van der Waals surface area contributed by atoms with E-state index in [1.54, 1.807) is 24.5 Å². The van der Waals surface area contributed by atoms with Gasteiger partial charge in [0.15, 0.2) is 0 Å². The first-order valence-corrected chi connectivity index (χ1v) is 10.8. The summed E-state index contributed by atoms with van der Waals surface area (Å²) in [7, 11) is 0. The van der Waals surface area contributed by atoms with Gasteiger partial charge in [-0.2, -0.15) is 0 Å². The molecule has 7 nitrogen and oxygen atoms in total. The highest BCUT2D eigenvalue weighted by molar-refractivity contribution is 5.97. The second-order valence-corrected chi connectivity index (χ2v) is 8.53. The number of aromatic nitrogens is 1. The van der Waals surface area contributed by atoms with Gasteiger partial charge in [-0.25, -0.2) is 0 Å². The van der Waals surface area contributed by atoms with Gasteiger partial charge in [-0.1, -0.05) is 33.1 Å². The van der Waals surface area contributed by atoms with Gasteiger partial charge < -0.3 is 15.4 Å². The van der Waals surface area contributed by atoms with Gasteiger partial charge in [-0.3, -0.25) is 19.5 Å². The van der Waals surface area contributed by atoms with E-state index in [0.29, 0.717) is 12.1 Å². The van der Waals surface area contributed by atoms with Gasteiger partial charge in [0, 0.05) is 43.1 Å². The van der Waals surface area contributed by atoms with Crippen LogP contribution in [0, 0.1) is 5.92 Å². The number of carbonyl (C=O) groups excluding carboxylic acids is 2. The molecule has 0 radical (unpaired) electrons. The molecule has 2 aliphatic rings. The predicted molar refractivity (Wildman–Crippen MR) is 112 cm³/mol. The third-order valence-corrected chi connectivity index (χ3v) is 6.24. The van der Waals surface area contributed by atoms with Crippen molar-refractivity contribution in [3.8, 4) is 0 Å². The zero-order chi connectivity index (χ0) is 20.7. The van der Waals surface area contributed by atoms with E-state index in [-0.39, 0.29) is 23.3 Å². The first kappa shape index (κ1) is 21.7. The van der Waals surface area contributed by atoms with Crippen LogP contribution in [0.3, 0.4) is 0 Å². The quantitative estimate of drug-likeness (QED) is 0.729. The van der Waals surface area contributed by atoms with E-state index in [1.807, 2.05) is 13.8 Å². The van der Waals surface area contributed by atoms with Crippen LogP contribution in [0.2, 0.25) is 0 Å². The molecule has 1 aromatic heterocycles. The first-order valence-electron chi connectivity index (χ1n) is 10.8. The molecule has 0 aromatic carbocycles. The zero-order valence-corrected chi connectivity index (χ0v) is 17.7. The molecule has 1 atom stereocenters. The van der Waals surface area contributed by atoms with Gasteiger partial charge in [-0.05, 0) is 30.9 Å². The van der Waals surface area contributed by atoms with Crippen molar-refractivity contribution in [2.24, 2.45) is 5.92 Å². The zero-order valence-electron chi connectivity index (χ0n) is 17.7. The van der Waals surface area contributed by atoms with Crippen molar-refractivity contribution in [2.45, 2.75) is 57.5 Å². The Hall–Kier alpha value is -1.99. The van der Waals surface area contributed by atoms with Crippen LogP contribution in [-0.2, 0) is 9.53 Å². The molecule has 1 saturated heterocycles. The minimum absolute atomic E-state index is 0.00789. The fraction of sp³-hybridized carbons (Fsp3) is 0.682. The molecule has 0 spiro atoms. The topological polar surface area (TPSA) is 83.6 Å². The Morgan fingerprint density at radius 2 is 1.79 bits per heavy atom. The number of nitrogens with one attached hydrogen (secondary N) is 2. The molecule has 1 saturated carbocycles. The Kier molecular flexibility index (Phi) is 7.61. The second kappa shape index (κ2) is 10.2. The highest BCUT2D eigenvalue weighted by Gasteiger charge is 2.39. The van der Waals surface area contributed by atoms with Crippen molar-refractivity contribution >= 4 is 11.8 Å². The standard InChI is InChI=1S/C22H34N4O3/c1-17(2)19(25-20(27)18-6-10-23-11-7-18)21(28)24-16-22(8-4-3-5-9-22)26-12-14-29-15-13-26/h6-7,10-11,17,19H,3-5,8-9,12-16H2,1-2H3,(H,24,28)(H,25,27)/t19-/m0/s1. The van der Waals surface area contributed by atoms with Crippen LogP contribution in [0.5, 0.6) is 0 Å². The Morgan fingerprint density at radius 3 is 2.41 bits per heavy atom. The van der Waals surface area contributed by atoms with Crippen molar-refractivity contribution < 1.29 is 14.3 Å². The Bertz CT molecular complexity index is 668. The highest BCUT2D eigenvalue weighted by Crippen LogP contribution is 2.33. The molecule has 7 heteroatoms. The largest absolute Gasteiger partial charge is 0.379 e. The molecule has 2 N–H and O–H groups in total. The van der Waals surface area contributed by atoms with E-state index in [2.05, 4.69) is 20.5 Å². The van der Waals surface area contributed by atoms with Gasteiger partial charge in [0.1, 0.15) is 6.04 Å². The Balaban J connectivity index is 1.64. The van der Waals surface area contributed by atoms with Gasteiger partial charge in [-0.15, -0.1) is 0 Å². The van der Waals surface area contributed by atoms with Crippen LogP contribution in [-0.4, -0.2) is 66.1 Å². The number of nitrogens with zero attached hydrogens (tertiary/aromatic N) is 2. The maximum Gasteiger partial charge on any atom is 0.252 e. The lowest BCUT2D eigenvalue weighted by molar-refractivity contribution is -0.125. The number of rotatable bonds is 7. The highest BCUT2D eigenvalue weighted by atomic mass is 16.5. The minimum Gasteiger partial charge on any atom is -0.379 e. The van der Waals surface area contributed by atoms with Gasteiger partial charge in [0.25, 0.3) is 5.91 Å². The summed E-state index contributed by atoms with van der Waals surface area (Å²) in [5.74, 6) is -0.367. The summed E-state index contributed by atoms with van der Waals surface area (Å²) in [5.41, 5.74) is 0.518. The number of hydrogen-bond acceptors (Lipinski definition) is 5. The van der Waals surface area contributed by atoms with E-state index < -0.39 is 6.04 Å². The molecule has 0 bridgehead atoms. The van der Waals surface area contributed by atoms with Gasteiger partial charge in [0.05, 0.1) is 13.2 Å². The number of pyridine rings is 1. The summed E-state index contributed by atoms with van der Waals surface area (Å²) < 4.78 is 5.54.